The molecule has 0 N–H and O–H groups in total. The predicted octanol–water partition coefficient (Wildman–Crippen LogP) is 3.28. The Hall–Kier alpha value is -2.56. The number of nitro groups is 1. The van der Waals surface area contributed by atoms with Crippen LogP contribution in [0.3, 0.4) is 0 Å². The van der Waals surface area contributed by atoms with Gasteiger partial charge in [0.05, 0.1) is 19.1 Å². The van der Waals surface area contributed by atoms with E-state index < -0.39 is 4.92 Å². The third-order valence-electron chi connectivity index (χ3n) is 2.79. The molecule has 0 saturated heterocycles. The minimum absolute atomic E-state index is 0.0545. The van der Waals surface area contributed by atoms with Crippen LogP contribution in [0, 0.1) is 10.1 Å². The van der Waals surface area contributed by atoms with E-state index in [9.17, 15) is 10.1 Å². The number of benzene rings is 2. The molecule has 0 unspecified atom stereocenters. The van der Waals surface area contributed by atoms with Crippen LogP contribution in [0.15, 0.2) is 42.5 Å². The van der Waals surface area contributed by atoms with E-state index in [4.69, 9.17) is 9.47 Å². The van der Waals surface area contributed by atoms with E-state index in [0.717, 1.165) is 11.1 Å². The Bertz CT molecular complexity index is 610. The first kappa shape index (κ1) is 12.9. The minimum atomic E-state index is -0.467. The Morgan fingerprint density at radius 1 is 1.00 bits per heavy atom. The number of ether oxygens (including phenoxy) is 2. The maximum Gasteiger partial charge on any atom is 0.310 e. The van der Waals surface area contributed by atoms with Gasteiger partial charge in [-0.15, -0.1) is 0 Å². The number of nitro benzene ring substituents is 1. The van der Waals surface area contributed by atoms with Crippen molar-refractivity contribution in [1.29, 1.82) is 0 Å². The van der Waals surface area contributed by atoms with Crippen molar-refractivity contribution in [3.63, 3.8) is 0 Å². The van der Waals surface area contributed by atoms with E-state index in [1.807, 2.05) is 24.3 Å². The van der Waals surface area contributed by atoms with E-state index in [1.165, 1.54) is 13.2 Å². The first-order valence-electron chi connectivity index (χ1n) is 5.63. The van der Waals surface area contributed by atoms with E-state index >= 15 is 0 Å². The van der Waals surface area contributed by atoms with Gasteiger partial charge in [-0.25, -0.2) is 0 Å². The lowest BCUT2D eigenvalue weighted by Crippen LogP contribution is -1.94. The number of hydrogen-bond donors (Lipinski definition) is 0. The summed E-state index contributed by atoms with van der Waals surface area (Å²) in [5.41, 5.74) is 1.61. The average Bonchev–Trinajstić information content (AvgIpc) is 2.46. The van der Waals surface area contributed by atoms with Crippen LogP contribution in [0.2, 0.25) is 0 Å². The summed E-state index contributed by atoms with van der Waals surface area (Å²) in [7, 11) is 3.00. The zero-order chi connectivity index (χ0) is 13.8. The fourth-order valence-electron chi connectivity index (χ4n) is 1.88. The first-order valence-corrected chi connectivity index (χ1v) is 5.63. The molecule has 2 rings (SSSR count). The summed E-state index contributed by atoms with van der Waals surface area (Å²) >= 11 is 0. The Labute approximate surface area is 110 Å². The maximum atomic E-state index is 10.9. The molecule has 0 aliphatic rings. The highest BCUT2D eigenvalue weighted by molar-refractivity contribution is 5.73. The molecule has 0 heterocycles. The van der Waals surface area contributed by atoms with Crippen molar-refractivity contribution in [3.8, 4) is 22.6 Å². The van der Waals surface area contributed by atoms with Gasteiger partial charge in [0.25, 0.3) is 0 Å². The molecule has 0 amide bonds. The summed E-state index contributed by atoms with van der Waals surface area (Å²) in [4.78, 5) is 10.4. The molecule has 0 aliphatic carbocycles. The quantitative estimate of drug-likeness (QED) is 0.624. The molecule has 0 atom stereocenters. The van der Waals surface area contributed by atoms with Crippen molar-refractivity contribution in [2.75, 3.05) is 14.2 Å². The second-order valence-corrected chi connectivity index (χ2v) is 3.84. The number of para-hydroxylation sites is 1. The van der Waals surface area contributed by atoms with Gasteiger partial charge in [-0.05, 0) is 23.8 Å². The summed E-state index contributed by atoms with van der Waals surface area (Å²) in [5, 5.41) is 10.9. The highest BCUT2D eigenvalue weighted by atomic mass is 16.6. The molecule has 0 radical (unpaired) electrons. The minimum Gasteiger partial charge on any atom is -0.496 e. The van der Waals surface area contributed by atoms with E-state index in [1.54, 1.807) is 19.2 Å². The van der Waals surface area contributed by atoms with Crippen LogP contribution in [-0.4, -0.2) is 19.1 Å². The zero-order valence-corrected chi connectivity index (χ0v) is 10.6. The lowest BCUT2D eigenvalue weighted by atomic mass is 10.0. The predicted molar refractivity (Wildman–Crippen MR) is 71.6 cm³/mol. The van der Waals surface area contributed by atoms with Gasteiger partial charge in [0.1, 0.15) is 5.75 Å². The molecule has 0 spiro atoms. The largest absolute Gasteiger partial charge is 0.496 e. The first-order chi connectivity index (χ1) is 9.17. The number of rotatable bonds is 4. The molecule has 98 valence electrons. The fraction of sp³-hybridized carbons (Fsp3) is 0.143. The second-order valence-electron chi connectivity index (χ2n) is 3.84. The number of nitrogens with zero attached hydrogens (tertiary/aromatic N) is 1. The van der Waals surface area contributed by atoms with Crippen LogP contribution in [-0.2, 0) is 0 Å². The number of methoxy groups -OCH3 is 2. The lowest BCUT2D eigenvalue weighted by molar-refractivity contribution is -0.385. The summed E-state index contributed by atoms with van der Waals surface area (Å²) < 4.78 is 10.3. The molecular weight excluding hydrogens is 246 g/mol. The molecular formula is C14H13NO4. The van der Waals surface area contributed by atoms with Crippen molar-refractivity contribution >= 4 is 5.69 Å². The number of hydrogen-bond acceptors (Lipinski definition) is 4. The van der Waals surface area contributed by atoms with Gasteiger partial charge in [0.2, 0.25) is 0 Å². The molecule has 0 fully saturated rings. The SMILES string of the molecule is COc1ccccc1-c1ccc([N+](=O)[O-])c(OC)c1. The standard InChI is InChI=1S/C14H13NO4/c1-18-13-6-4-3-5-11(13)10-7-8-12(15(16)17)14(9-10)19-2/h3-9H,1-2H3. The van der Waals surface area contributed by atoms with E-state index in [-0.39, 0.29) is 11.4 Å². The fourth-order valence-corrected chi connectivity index (χ4v) is 1.88. The Morgan fingerprint density at radius 2 is 1.68 bits per heavy atom. The summed E-state index contributed by atoms with van der Waals surface area (Å²) in [6, 6.07) is 12.2. The summed E-state index contributed by atoms with van der Waals surface area (Å²) in [5.74, 6) is 0.937. The van der Waals surface area contributed by atoms with Crippen LogP contribution in [0.4, 0.5) is 5.69 Å². The molecule has 2 aromatic carbocycles. The van der Waals surface area contributed by atoms with Gasteiger partial charge in [-0.2, -0.15) is 0 Å². The molecule has 5 heteroatoms. The Kier molecular flexibility index (Phi) is 3.66. The molecule has 5 nitrogen and oxygen atoms in total. The van der Waals surface area contributed by atoms with Crippen LogP contribution in [0.1, 0.15) is 0 Å². The third-order valence-corrected chi connectivity index (χ3v) is 2.79. The van der Waals surface area contributed by atoms with E-state index in [0.29, 0.717) is 5.75 Å². The summed E-state index contributed by atoms with van der Waals surface area (Å²) in [6.45, 7) is 0. The smallest absolute Gasteiger partial charge is 0.310 e. The van der Waals surface area contributed by atoms with Gasteiger partial charge < -0.3 is 9.47 Å². The Balaban J connectivity index is 2.55. The average molecular weight is 259 g/mol. The lowest BCUT2D eigenvalue weighted by Gasteiger charge is -2.09. The van der Waals surface area contributed by atoms with Gasteiger partial charge >= 0.3 is 5.69 Å². The highest BCUT2D eigenvalue weighted by Crippen LogP contribution is 2.35. The van der Waals surface area contributed by atoms with Crippen LogP contribution in [0.5, 0.6) is 11.5 Å². The molecule has 0 aromatic heterocycles. The van der Waals surface area contributed by atoms with Crippen molar-refractivity contribution in [1.82, 2.24) is 0 Å². The maximum absolute atomic E-state index is 10.9. The van der Waals surface area contributed by atoms with Gasteiger partial charge in [0, 0.05) is 11.6 Å². The third kappa shape index (κ3) is 2.49. The van der Waals surface area contributed by atoms with Gasteiger partial charge in [0.15, 0.2) is 5.75 Å². The van der Waals surface area contributed by atoms with Crippen molar-refractivity contribution in [2.45, 2.75) is 0 Å². The van der Waals surface area contributed by atoms with Crippen LogP contribution >= 0.6 is 0 Å². The van der Waals surface area contributed by atoms with Crippen LogP contribution in [0.25, 0.3) is 11.1 Å². The normalized spacial score (nSPS) is 10.0. The van der Waals surface area contributed by atoms with E-state index in [2.05, 4.69) is 0 Å². The van der Waals surface area contributed by atoms with Gasteiger partial charge in [-0.3, -0.25) is 10.1 Å². The second kappa shape index (κ2) is 5.39. The van der Waals surface area contributed by atoms with Crippen molar-refractivity contribution in [2.24, 2.45) is 0 Å². The molecule has 19 heavy (non-hydrogen) atoms. The monoisotopic (exact) mass is 259 g/mol. The Morgan fingerprint density at radius 3 is 2.32 bits per heavy atom. The molecule has 0 aliphatic heterocycles. The topological polar surface area (TPSA) is 61.6 Å². The van der Waals surface area contributed by atoms with Crippen molar-refractivity contribution in [3.05, 3.63) is 52.6 Å². The van der Waals surface area contributed by atoms with Crippen molar-refractivity contribution < 1.29 is 14.4 Å². The highest BCUT2D eigenvalue weighted by Gasteiger charge is 2.16. The zero-order valence-electron chi connectivity index (χ0n) is 10.6. The summed E-state index contributed by atoms with van der Waals surface area (Å²) in [6.07, 6.45) is 0. The molecule has 0 bridgehead atoms. The molecule has 0 saturated carbocycles. The molecule has 2 aromatic rings. The van der Waals surface area contributed by atoms with Crippen LogP contribution < -0.4 is 9.47 Å². The van der Waals surface area contributed by atoms with Gasteiger partial charge in [-0.1, -0.05) is 18.2 Å².